The summed E-state index contributed by atoms with van der Waals surface area (Å²) in [4.78, 5) is 14.2. The predicted octanol–water partition coefficient (Wildman–Crippen LogP) is 3.26. The third-order valence-electron chi connectivity index (χ3n) is 6.55. The summed E-state index contributed by atoms with van der Waals surface area (Å²) in [6, 6.07) is 10.4. The number of aromatic nitrogens is 3. The van der Waals surface area contributed by atoms with Gasteiger partial charge in [0, 0.05) is 19.1 Å². The Balaban J connectivity index is 1.32. The van der Waals surface area contributed by atoms with Gasteiger partial charge in [-0.05, 0) is 44.7 Å². The fourth-order valence-corrected chi connectivity index (χ4v) is 6.38. The minimum atomic E-state index is -4.50. The number of aryl methyl sites for hydroxylation is 2. The number of hydrogen-bond donors (Lipinski definition) is 0. The zero-order valence-corrected chi connectivity index (χ0v) is 22.7. The van der Waals surface area contributed by atoms with Crippen LogP contribution < -0.4 is 0 Å². The van der Waals surface area contributed by atoms with E-state index in [1.165, 1.54) is 33.4 Å². The summed E-state index contributed by atoms with van der Waals surface area (Å²) in [5.41, 5.74) is 2.00. The first-order chi connectivity index (χ1) is 18.3. The van der Waals surface area contributed by atoms with Crippen LogP contribution in [-0.4, -0.2) is 77.1 Å². The largest absolute Gasteiger partial charge is 0.461 e. The molecule has 0 N–H and O–H groups in total. The summed E-state index contributed by atoms with van der Waals surface area (Å²) in [6.45, 7) is 4.26. The average molecular weight is 566 g/mol. The van der Waals surface area contributed by atoms with Crippen molar-refractivity contribution in [3.05, 3.63) is 82.2 Å². The highest BCUT2D eigenvalue weighted by Gasteiger charge is 2.38. The molecule has 4 rings (SSSR count). The van der Waals surface area contributed by atoms with Crippen LogP contribution in [0.1, 0.15) is 38.3 Å². The van der Waals surface area contributed by atoms with Crippen molar-refractivity contribution in [3.63, 3.8) is 0 Å². The van der Waals surface area contributed by atoms with Crippen molar-refractivity contribution in [1.29, 1.82) is 0 Å². The van der Waals surface area contributed by atoms with Gasteiger partial charge in [-0.1, -0.05) is 40.6 Å². The molecule has 1 fully saturated rings. The lowest BCUT2D eigenvalue weighted by Crippen LogP contribution is -2.38. The summed E-state index contributed by atoms with van der Waals surface area (Å²) < 4.78 is 73.4. The molecule has 13 heteroatoms. The first kappa shape index (κ1) is 28.7. The highest BCUT2D eigenvalue weighted by atomic mass is 32.2. The first-order valence-corrected chi connectivity index (χ1v) is 13.9. The number of nitrogens with zero attached hydrogens (tertiary/aromatic N) is 5. The average Bonchev–Trinajstić information content (AvgIpc) is 3.41. The lowest BCUT2D eigenvalue weighted by atomic mass is 10.1. The normalized spacial score (nSPS) is 17.6. The van der Waals surface area contributed by atoms with Crippen LogP contribution in [0.25, 0.3) is 0 Å². The lowest BCUT2D eigenvalue weighted by Gasteiger charge is -2.22. The summed E-state index contributed by atoms with van der Waals surface area (Å²) in [6.07, 6.45) is -3.05. The fraction of sp³-hybridized carbons (Fsp3) is 0.423. The topological polar surface area (TPSA) is 97.6 Å². The molecule has 1 unspecified atom stereocenters. The summed E-state index contributed by atoms with van der Waals surface area (Å²) in [5, 5.41) is 7.86. The fourth-order valence-electron chi connectivity index (χ4n) is 4.60. The SMILES string of the molecule is Cc1cc(C)cc(C(=O)OCCN(C)C2CN(Cc3cn(Cc4ccccc4C(F)(F)F)nn3)S(=O)(=O)C2)c1. The third kappa shape index (κ3) is 7.22. The van der Waals surface area contributed by atoms with Gasteiger partial charge in [0.2, 0.25) is 10.0 Å². The summed E-state index contributed by atoms with van der Waals surface area (Å²) in [7, 11) is -1.82. The standard InChI is InChI=1S/C26H30F3N5O4S/c1-18-10-19(2)12-21(11-18)25(35)38-9-8-32(3)23-16-34(39(36,37)17-23)15-22-14-33(31-30-22)13-20-6-4-5-7-24(20)26(27,28)29/h4-7,10-12,14,23H,8-9,13,15-17H2,1-3H3. The Morgan fingerprint density at radius 3 is 2.51 bits per heavy atom. The second-order valence-corrected chi connectivity index (χ2v) is 11.8. The van der Waals surface area contributed by atoms with E-state index in [1.54, 1.807) is 19.2 Å². The van der Waals surface area contributed by atoms with E-state index < -0.39 is 27.7 Å². The number of carbonyl (C=O) groups excluding carboxylic acids is 1. The molecule has 2 aromatic carbocycles. The van der Waals surface area contributed by atoms with Crippen molar-refractivity contribution in [2.75, 3.05) is 32.5 Å². The molecule has 0 amide bonds. The lowest BCUT2D eigenvalue weighted by molar-refractivity contribution is -0.138. The van der Waals surface area contributed by atoms with Crippen molar-refractivity contribution in [1.82, 2.24) is 24.2 Å². The molecule has 0 bridgehead atoms. The van der Waals surface area contributed by atoms with Gasteiger partial charge in [0.15, 0.2) is 0 Å². The highest BCUT2D eigenvalue weighted by molar-refractivity contribution is 7.89. The van der Waals surface area contributed by atoms with Crippen LogP contribution in [0, 0.1) is 13.8 Å². The van der Waals surface area contributed by atoms with Gasteiger partial charge in [0.05, 0.1) is 41.9 Å². The maximum absolute atomic E-state index is 13.3. The molecular weight excluding hydrogens is 535 g/mol. The molecule has 1 aliphatic rings. The molecular formula is C26H30F3N5O4S. The van der Waals surface area contributed by atoms with E-state index >= 15 is 0 Å². The molecule has 0 aliphatic carbocycles. The Kier molecular flexibility index (Phi) is 8.42. The third-order valence-corrected chi connectivity index (χ3v) is 8.42. The number of carbonyl (C=O) groups is 1. The minimum Gasteiger partial charge on any atom is -0.461 e. The van der Waals surface area contributed by atoms with Gasteiger partial charge in [0.1, 0.15) is 6.61 Å². The van der Waals surface area contributed by atoms with Gasteiger partial charge >= 0.3 is 12.1 Å². The van der Waals surface area contributed by atoms with E-state index in [2.05, 4.69) is 10.3 Å². The Morgan fingerprint density at radius 1 is 1.13 bits per heavy atom. The Morgan fingerprint density at radius 2 is 1.82 bits per heavy atom. The van der Waals surface area contributed by atoms with E-state index in [-0.39, 0.29) is 43.6 Å². The zero-order chi connectivity index (χ0) is 28.4. The van der Waals surface area contributed by atoms with Crippen molar-refractivity contribution in [2.24, 2.45) is 0 Å². The van der Waals surface area contributed by atoms with E-state index in [1.807, 2.05) is 24.8 Å². The molecule has 2 heterocycles. The monoisotopic (exact) mass is 565 g/mol. The molecule has 1 saturated heterocycles. The molecule has 9 nitrogen and oxygen atoms in total. The Bertz CT molecular complexity index is 1420. The predicted molar refractivity (Wildman–Crippen MR) is 137 cm³/mol. The number of ether oxygens (including phenoxy) is 1. The summed E-state index contributed by atoms with van der Waals surface area (Å²) >= 11 is 0. The van der Waals surface area contributed by atoms with Crippen LogP contribution in [0.4, 0.5) is 13.2 Å². The van der Waals surface area contributed by atoms with Crippen molar-refractivity contribution in [2.45, 2.75) is 39.2 Å². The number of benzene rings is 2. The molecule has 3 aromatic rings. The number of likely N-dealkylation sites (N-methyl/N-ethyl adjacent to an activating group) is 1. The van der Waals surface area contributed by atoms with Gasteiger partial charge < -0.3 is 4.74 Å². The van der Waals surface area contributed by atoms with Crippen LogP contribution >= 0.6 is 0 Å². The zero-order valence-electron chi connectivity index (χ0n) is 21.8. The van der Waals surface area contributed by atoms with Crippen molar-refractivity contribution in [3.8, 4) is 0 Å². The minimum absolute atomic E-state index is 0.0372. The maximum atomic E-state index is 13.3. The van der Waals surface area contributed by atoms with Crippen LogP contribution in [0.3, 0.4) is 0 Å². The number of halogens is 3. The molecule has 1 atom stereocenters. The first-order valence-electron chi connectivity index (χ1n) is 12.3. The maximum Gasteiger partial charge on any atom is 0.416 e. The van der Waals surface area contributed by atoms with E-state index in [9.17, 15) is 26.4 Å². The molecule has 1 aliphatic heterocycles. The smallest absolute Gasteiger partial charge is 0.416 e. The molecule has 210 valence electrons. The number of hydrogen-bond acceptors (Lipinski definition) is 7. The highest BCUT2D eigenvalue weighted by Crippen LogP contribution is 2.32. The second-order valence-electron chi connectivity index (χ2n) is 9.78. The number of rotatable bonds is 9. The molecule has 0 spiro atoms. The summed E-state index contributed by atoms with van der Waals surface area (Å²) in [5.74, 6) is -0.543. The van der Waals surface area contributed by atoms with Gasteiger partial charge in [-0.2, -0.15) is 17.5 Å². The van der Waals surface area contributed by atoms with Gasteiger partial charge in [-0.3, -0.25) is 4.90 Å². The number of esters is 1. The van der Waals surface area contributed by atoms with Crippen molar-refractivity contribution >= 4 is 16.0 Å². The molecule has 39 heavy (non-hydrogen) atoms. The Labute approximate surface area is 225 Å². The van der Waals surface area contributed by atoms with Crippen molar-refractivity contribution < 1.29 is 31.1 Å². The van der Waals surface area contributed by atoms with Gasteiger partial charge in [-0.25, -0.2) is 17.9 Å². The van der Waals surface area contributed by atoms with E-state index in [4.69, 9.17) is 4.74 Å². The van der Waals surface area contributed by atoms with Gasteiger partial charge in [-0.15, -0.1) is 5.10 Å². The number of sulfonamides is 1. The van der Waals surface area contributed by atoms with Crippen LogP contribution in [0.5, 0.6) is 0 Å². The van der Waals surface area contributed by atoms with Crippen LogP contribution in [0.2, 0.25) is 0 Å². The molecule has 0 radical (unpaired) electrons. The van der Waals surface area contributed by atoms with E-state index in [0.717, 1.165) is 17.2 Å². The molecule has 0 saturated carbocycles. The van der Waals surface area contributed by atoms with Gasteiger partial charge in [0.25, 0.3) is 0 Å². The van der Waals surface area contributed by atoms with Crippen LogP contribution in [-0.2, 0) is 34.0 Å². The second kappa shape index (κ2) is 11.4. The quantitative estimate of drug-likeness (QED) is 0.368. The van der Waals surface area contributed by atoms with Crippen LogP contribution in [0.15, 0.2) is 48.7 Å². The molecule has 1 aromatic heterocycles. The van der Waals surface area contributed by atoms with E-state index in [0.29, 0.717) is 17.8 Å². The number of alkyl halides is 3. The Hall–Kier alpha value is -3.29.